The number of halogens is 2. The molecular weight excluding hydrogens is 206 g/mol. The number of nitro benzene ring substituents is 1. The Morgan fingerprint density at radius 2 is 2.13 bits per heavy atom. The van der Waals surface area contributed by atoms with Crippen molar-refractivity contribution in [1.82, 2.24) is 0 Å². The number of benzene rings is 1. The zero-order chi connectivity index (χ0) is 11.4. The van der Waals surface area contributed by atoms with E-state index in [4.69, 9.17) is 6.57 Å². The molecule has 0 N–H and O–H groups in total. The second kappa shape index (κ2) is 4.46. The van der Waals surface area contributed by atoms with Crippen LogP contribution in [-0.2, 0) is 6.42 Å². The van der Waals surface area contributed by atoms with Gasteiger partial charge < -0.3 is 4.85 Å². The van der Waals surface area contributed by atoms with E-state index in [2.05, 4.69) is 4.85 Å². The number of hydrogen-bond acceptors (Lipinski definition) is 2. The molecule has 1 rings (SSSR count). The van der Waals surface area contributed by atoms with Gasteiger partial charge in [-0.2, -0.15) is 4.39 Å². The zero-order valence-electron chi connectivity index (χ0n) is 7.54. The summed E-state index contributed by atoms with van der Waals surface area (Å²) >= 11 is 0. The summed E-state index contributed by atoms with van der Waals surface area (Å²) in [6.07, 6.45) is -0.164. The van der Waals surface area contributed by atoms with Gasteiger partial charge in [-0.25, -0.2) is 11.0 Å². The zero-order valence-corrected chi connectivity index (χ0v) is 7.54. The molecule has 1 aromatic rings. The molecule has 78 valence electrons. The molecule has 0 bridgehead atoms. The summed E-state index contributed by atoms with van der Waals surface area (Å²) < 4.78 is 26.4. The first-order chi connectivity index (χ1) is 7.07. The second-order valence-electron chi connectivity index (χ2n) is 2.75. The molecule has 6 heteroatoms. The van der Waals surface area contributed by atoms with Gasteiger partial charge in [0.1, 0.15) is 5.82 Å². The molecule has 0 aliphatic carbocycles. The SMILES string of the molecule is [C-]#[N+]CCc1c(F)ccc([N+](=O)[O-])c1F. The van der Waals surface area contributed by atoms with Gasteiger partial charge in [-0.05, 0) is 6.07 Å². The van der Waals surface area contributed by atoms with E-state index in [0.29, 0.717) is 0 Å². The maximum absolute atomic E-state index is 13.3. The molecule has 0 radical (unpaired) electrons. The van der Waals surface area contributed by atoms with Gasteiger partial charge in [0.05, 0.1) is 11.3 Å². The third-order valence-electron chi connectivity index (χ3n) is 1.84. The molecule has 0 heterocycles. The first-order valence-corrected chi connectivity index (χ1v) is 4.02. The molecule has 0 atom stereocenters. The van der Waals surface area contributed by atoms with E-state index < -0.39 is 27.8 Å². The largest absolute Gasteiger partial charge is 0.317 e. The fourth-order valence-corrected chi connectivity index (χ4v) is 1.12. The smallest absolute Gasteiger partial charge is 0.305 e. The fourth-order valence-electron chi connectivity index (χ4n) is 1.12. The van der Waals surface area contributed by atoms with Crippen LogP contribution in [-0.4, -0.2) is 11.5 Å². The van der Waals surface area contributed by atoms with E-state index in [1.165, 1.54) is 0 Å². The predicted molar refractivity (Wildman–Crippen MR) is 48.2 cm³/mol. The molecule has 0 saturated heterocycles. The lowest BCUT2D eigenvalue weighted by Crippen LogP contribution is -2.02. The van der Waals surface area contributed by atoms with Gasteiger partial charge in [-0.1, -0.05) is 0 Å². The van der Waals surface area contributed by atoms with Crippen molar-refractivity contribution >= 4 is 5.69 Å². The summed E-state index contributed by atoms with van der Waals surface area (Å²) in [5.74, 6) is -2.05. The molecule has 0 aromatic heterocycles. The Kier molecular flexibility index (Phi) is 3.29. The summed E-state index contributed by atoms with van der Waals surface area (Å²) in [5, 5.41) is 10.3. The molecule has 1 aromatic carbocycles. The Bertz CT molecular complexity index is 440. The van der Waals surface area contributed by atoms with Gasteiger partial charge in [-0.3, -0.25) is 10.1 Å². The average Bonchev–Trinajstić information content (AvgIpc) is 2.17. The lowest BCUT2D eigenvalue weighted by molar-refractivity contribution is -0.387. The van der Waals surface area contributed by atoms with Crippen molar-refractivity contribution in [3.05, 3.63) is 50.9 Å². The van der Waals surface area contributed by atoms with Crippen molar-refractivity contribution in [2.75, 3.05) is 6.54 Å². The van der Waals surface area contributed by atoms with Gasteiger partial charge in [-0.15, -0.1) is 0 Å². The topological polar surface area (TPSA) is 47.5 Å². The summed E-state index contributed by atoms with van der Waals surface area (Å²) in [5.41, 5.74) is -1.17. The molecule has 15 heavy (non-hydrogen) atoms. The van der Waals surface area contributed by atoms with Crippen LogP contribution in [0.1, 0.15) is 5.56 Å². The van der Waals surface area contributed by atoms with E-state index in [1.807, 2.05) is 0 Å². The second-order valence-corrected chi connectivity index (χ2v) is 2.75. The van der Waals surface area contributed by atoms with Crippen molar-refractivity contribution in [2.45, 2.75) is 6.42 Å². The Balaban J connectivity index is 3.19. The fraction of sp³-hybridized carbons (Fsp3) is 0.222. The van der Waals surface area contributed by atoms with Crippen LogP contribution in [0.4, 0.5) is 14.5 Å². The van der Waals surface area contributed by atoms with Crippen molar-refractivity contribution in [2.24, 2.45) is 0 Å². The number of nitrogens with zero attached hydrogens (tertiary/aromatic N) is 2. The number of hydrogen-bond donors (Lipinski definition) is 0. The molecular formula is C9H6F2N2O2. The van der Waals surface area contributed by atoms with Crippen molar-refractivity contribution in [3.63, 3.8) is 0 Å². The quantitative estimate of drug-likeness (QED) is 0.438. The highest BCUT2D eigenvalue weighted by Crippen LogP contribution is 2.23. The van der Waals surface area contributed by atoms with E-state index in [-0.39, 0.29) is 13.0 Å². The monoisotopic (exact) mass is 212 g/mol. The van der Waals surface area contributed by atoms with Gasteiger partial charge >= 0.3 is 5.69 Å². The van der Waals surface area contributed by atoms with Gasteiger partial charge in [0.15, 0.2) is 0 Å². The Hall–Kier alpha value is -2.03. The van der Waals surface area contributed by atoms with E-state index >= 15 is 0 Å². The molecule has 0 amide bonds. The molecule has 0 aliphatic rings. The van der Waals surface area contributed by atoms with Crippen molar-refractivity contribution in [3.8, 4) is 0 Å². The third-order valence-corrected chi connectivity index (χ3v) is 1.84. The molecule has 0 fully saturated rings. The number of nitro groups is 1. The summed E-state index contributed by atoms with van der Waals surface area (Å²) in [6, 6.07) is 1.60. The highest BCUT2D eigenvalue weighted by molar-refractivity contribution is 5.38. The van der Waals surface area contributed by atoms with Crippen LogP contribution in [0.5, 0.6) is 0 Å². The van der Waals surface area contributed by atoms with E-state index in [9.17, 15) is 18.9 Å². The summed E-state index contributed by atoms with van der Waals surface area (Å²) in [6.45, 7) is 6.38. The maximum Gasteiger partial charge on any atom is 0.305 e. The molecule has 0 saturated carbocycles. The average molecular weight is 212 g/mol. The highest BCUT2D eigenvalue weighted by atomic mass is 19.1. The van der Waals surface area contributed by atoms with Crippen LogP contribution in [0.15, 0.2) is 12.1 Å². The van der Waals surface area contributed by atoms with Crippen LogP contribution < -0.4 is 0 Å². The molecule has 0 spiro atoms. The lowest BCUT2D eigenvalue weighted by atomic mass is 10.1. The van der Waals surface area contributed by atoms with Crippen molar-refractivity contribution < 1.29 is 13.7 Å². The van der Waals surface area contributed by atoms with E-state index in [0.717, 1.165) is 12.1 Å². The predicted octanol–water partition coefficient (Wildman–Crippen LogP) is 2.33. The maximum atomic E-state index is 13.3. The van der Waals surface area contributed by atoms with Crippen LogP contribution in [0.25, 0.3) is 4.85 Å². The molecule has 0 unspecified atom stereocenters. The Labute approximate surface area is 84.1 Å². The summed E-state index contributed by atoms with van der Waals surface area (Å²) in [7, 11) is 0. The third kappa shape index (κ3) is 2.26. The molecule has 4 nitrogen and oxygen atoms in total. The molecule has 0 aliphatic heterocycles. The van der Waals surface area contributed by atoms with Gasteiger partial charge in [0.2, 0.25) is 12.4 Å². The Morgan fingerprint density at radius 1 is 1.47 bits per heavy atom. The minimum absolute atomic E-state index is 0.102. The highest BCUT2D eigenvalue weighted by Gasteiger charge is 2.21. The lowest BCUT2D eigenvalue weighted by Gasteiger charge is -2.01. The van der Waals surface area contributed by atoms with Crippen LogP contribution >= 0.6 is 0 Å². The number of rotatable bonds is 3. The van der Waals surface area contributed by atoms with E-state index in [1.54, 1.807) is 0 Å². The first-order valence-electron chi connectivity index (χ1n) is 4.02. The van der Waals surface area contributed by atoms with Crippen LogP contribution in [0, 0.1) is 28.3 Å². The minimum Gasteiger partial charge on any atom is -0.317 e. The van der Waals surface area contributed by atoms with Gasteiger partial charge in [0, 0.05) is 11.6 Å². The van der Waals surface area contributed by atoms with Crippen molar-refractivity contribution in [1.29, 1.82) is 0 Å². The van der Waals surface area contributed by atoms with Crippen LogP contribution in [0.2, 0.25) is 0 Å². The first kappa shape index (κ1) is 11.0. The standard InChI is InChI=1S/C9H6F2N2O2/c1-12-5-4-6-7(10)2-3-8(9(6)11)13(14)15/h2-3H,4-5H2. The Morgan fingerprint density at radius 3 is 2.67 bits per heavy atom. The minimum atomic E-state index is -1.19. The summed E-state index contributed by atoms with van der Waals surface area (Å²) in [4.78, 5) is 12.4. The van der Waals surface area contributed by atoms with Crippen LogP contribution in [0.3, 0.4) is 0 Å². The normalized spacial score (nSPS) is 9.67. The van der Waals surface area contributed by atoms with Gasteiger partial charge in [0.25, 0.3) is 0 Å².